The average Bonchev–Trinajstić information content (AvgIpc) is 2.94. The highest BCUT2D eigenvalue weighted by Gasteiger charge is 2.31. The van der Waals surface area contributed by atoms with Gasteiger partial charge in [-0.2, -0.15) is 0 Å². The van der Waals surface area contributed by atoms with Crippen molar-refractivity contribution in [3.8, 4) is 11.5 Å². The first kappa shape index (κ1) is 15.2. The number of carboxylic acid groups (broad SMARTS) is 1. The summed E-state index contributed by atoms with van der Waals surface area (Å²) in [6.45, 7) is 0. The SMILES string of the molecule is COc1cccc(OC)c1C(=O)N[C@@H]1CC[C@H](C(=O)O)C1. The lowest BCUT2D eigenvalue weighted by molar-refractivity contribution is -0.141. The second kappa shape index (κ2) is 6.47. The van der Waals surface area contributed by atoms with Crippen LogP contribution < -0.4 is 14.8 Å². The van der Waals surface area contributed by atoms with Gasteiger partial charge in [-0.3, -0.25) is 9.59 Å². The van der Waals surface area contributed by atoms with Gasteiger partial charge >= 0.3 is 5.97 Å². The van der Waals surface area contributed by atoms with Gasteiger partial charge < -0.3 is 19.9 Å². The second-order valence-electron chi connectivity index (χ2n) is 5.06. The lowest BCUT2D eigenvalue weighted by Crippen LogP contribution is -2.33. The Morgan fingerprint density at radius 2 is 1.81 bits per heavy atom. The molecule has 0 bridgehead atoms. The minimum absolute atomic E-state index is 0.131. The molecule has 0 spiro atoms. The Morgan fingerprint density at radius 3 is 2.29 bits per heavy atom. The molecule has 21 heavy (non-hydrogen) atoms. The number of hydrogen-bond acceptors (Lipinski definition) is 4. The summed E-state index contributed by atoms with van der Waals surface area (Å²) in [5.74, 6) is -0.629. The van der Waals surface area contributed by atoms with Crippen LogP contribution in [0.5, 0.6) is 11.5 Å². The predicted octanol–water partition coefficient (Wildman–Crippen LogP) is 1.69. The van der Waals surface area contributed by atoms with Gasteiger partial charge in [-0.05, 0) is 31.4 Å². The topological polar surface area (TPSA) is 84.9 Å². The van der Waals surface area contributed by atoms with Crippen molar-refractivity contribution in [1.29, 1.82) is 0 Å². The van der Waals surface area contributed by atoms with E-state index in [1.54, 1.807) is 18.2 Å². The fraction of sp³-hybridized carbons (Fsp3) is 0.467. The van der Waals surface area contributed by atoms with Gasteiger partial charge in [0.15, 0.2) is 0 Å². The highest BCUT2D eigenvalue weighted by Crippen LogP contribution is 2.30. The molecule has 0 saturated heterocycles. The van der Waals surface area contributed by atoms with E-state index in [1.807, 2.05) is 0 Å². The molecule has 114 valence electrons. The third kappa shape index (κ3) is 3.26. The first-order chi connectivity index (χ1) is 10.1. The maximum absolute atomic E-state index is 12.4. The van der Waals surface area contributed by atoms with Gasteiger partial charge in [0.1, 0.15) is 17.1 Å². The van der Waals surface area contributed by atoms with Crippen LogP contribution in [0.3, 0.4) is 0 Å². The van der Waals surface area contributed by atoms with Crippen molar-refractivity contribution >= 4 is 11.9 Å². The van der Waals surface area contributed by atoms with E-state index in [9.17, 15) is 9.59 Å². The van der Waals surface area contributed by atoms with Crippen LogP contribution >= 0.6 is 0 Å². The minimum atomic E-state index is -0.804. The molecule has 2 atom stereocenters. The van der Waals surface area contributed by atoms with Crippen LogP contribution in [0.2, 0.25) is 0 Å². The molecule has 6 nitrogen and oxygen atoms in total. The quantitative estimate of drug-likeness (QED) is 0.863. The van der Waals surface area contributed by atoms with Crippen LogP contribution in [0.25, 0.3) is 0 Å². The largest absolute Gasteiger partial charge is 0.496 e. The second-order valence-corrected chi connectivity index (χ2v) is 5.06. The number of amides is 1. The smallest absolute Gasteiger partial charge is 0.306 e. The van der Waals surface area contributed by atoms with Crippen molar-refractivity contribution < 1.29 is 24.2 Å². The zero-order valence-corrected chi connectivity index (χ0v) is 12.1. The minimum Gasteiger partial charge on any atom is -0.496 e. The molecule has 0 aromatic heterocycles. The van der Waals surface area contributed by atoms with E-state index in [4.69, 9.17) is 14.6 Å². The summed E-state index contributed by atoms with van der Waals surface area (Å²) in [6.07, 6.45) is 1.71. The van der Waals surface area contributed by atoms with Gasteiger partial charge in [0.2, 0.25) is 0 Å². The van der Waals surface area contributed by atoms with E-state index in [2.05, 4.69) is 5.32 Å². The number of ether oxygens (including phenoxy) is 2. The first-order valence-electron chi connectivity index (χ1n) is 6.81. The fourth-order valence-electron chi connectivity index (χ4n) is 2.67. The molecule has 1 aromatic rings. The Morgan fingerprint density at radius 1 is 1.19 bits per heavy atom. The molecule has 1 aromatic carbocycles. The number of carbonyl (C=O) groups excluding carboxylic acids is 1. The van der Waals surface area contributed by atoms with Crippen molar-refractivity contribution in [2.75, 3.05) is 14.2 Å². The van der Waals surface area contributed by atoms with Crippen molar-refractivity contribution in [2.45, 2.75) is 25.3 Å². The molecule has 0 aliphatic heterocycles. The highest BCUT2D eigenvalue weighted by atomic mass is 16.5. The van der Waals surface area contributed by atoms with Crippen LogP contribution in [-0.4, -0.2) is 37.2 Å². The van der Waals surface area contributed by atoms with Crippen molar-refractivity contribution in [2.24, 2.45) is 5.92 Å². The number of aliphatic carboxylic acids is 1. The number of methoxy groups -OCH3 is 2. The molecule has 6 heteroatoms. The van der Waals surface area contributed by atoms with Crippen LogP contribution in [-0.2, 0) is 4.79 Å². The summed E-state index contributed by atoms with van der Waals surface area (Å²) in [7, 11) is 2.98. The lowest BCUT2D eigenvalue weighted by Gasteiger charge is -2.16. The summed E-state index contributed by atoms with van der Waals surface area (Å²) in [5, 5.41) is 11.9. The third-order valence-electron chi connectivity index (χ3n) is 3.77. The number of hydrogen-bond donors (Lipinski definition) is 2. The van der Waals surface area contributed by atoms with Crippen LogP contribution in [0.1, 0.15) is 29.6 Å². The van der Waals surface area contributed by atoms with Gasteiger partial charge in [-0.1, -0.05) is 6.07 Å². The molecule has 1 saturated carbocycles. The zero-order chi connectivity index (χ0) is 15.4. The Kier molecular flexibility index (Phi) is 4.67. The standard InChI is InChI=1S/C15H19NO5/c1-20-11-4-3-5-12(21-2)13(11)14(17)16-10-7-6-9(8-10)15(18)19/h3-5,9-10H,6-8H2,1-2H3,(H,16,17)(H,18,19)/t9-,10+/m0/s1. The summed E-state index contributed by atoms with van der Waals surface area (Å²) in [5.41, 5.74) is 0.335. The van der Waals surface area contributed by atoms with Crippen LogP contribution in [0.15, 0.2) is 18.2 Å². The number of carbonyl (C=O) groups is 2. The summed E-state index contributed by atoms with van der Waals surface area (Å²) in [4.78, 5) is 23.4. The molecule has 1 fully saturated rings. The highest BCUT2D eigenvalue weighted by molar-refractivity contribution is 6.00. The number of rotatable bonds is 5. The van der Waals surface area contributed by atoms with Gasteiger partial charge in [0.25, 0.3) is 5.91 Å². The van der Waals surface area contributed by atoms with Crippen LogP contribution in [0.4, 0.5) is 0 Å². The number of carboxylic acids is 1. The molecule has 2 rings (SSSR count). The molecule has 1 amide bonds. The van der Waals surface area contributed by atoms with E-state index in [0.717, 1.165) is 0 Å². The van der Waals surface area contributed by atoms with Gasteiger partial charge in [-0.25, -0.2) is 0 Å². The maximum Gasteiger partial charge on any atom is 0.306 e. The lowest BCUT2D eigenvalue weighted by atomic mass is 10.1. The third-order valence-corrected chi connectivity index (χ3v) is 3.77. The van der Waals surface area contributed by atoms with E-state index < -0.39 is 5.97 Å². The van der Waals surface area contributed by atoms with Crippen molar-refractivity contribution in [1.82, 2.24) is 5.32 Å². The predicted molar refractivity (Wildman–Crippen MR) is 75.8 cm³/mol. The monoisotopic (exact) mass is 293 g/mol. The zero-order valence-electron chi connectivity index (χ0n) is 12.1. The van der Waals surface area contributed by atoms with Gasteiger partial charge in [0, 0.05) is 6.04 Å². The molecular weight excluding hydrogens is 274 g/mol. The molecule has 2 N–H and O–H groups in total. The van der Waals surface area contributed by atoms with Crippen molar-refractivity contribution in [3.05, 3.63) is 23.8 Å². The van der Waals surface area contributed by atoms with E-state index in [0.29, 0.717) is 36.3 Å². The Labute approximate surface area is 123 Å². The van der Waals surface area contributed by atoms with Gasteiger partial charge in [0.05, 0.1) is 20.1 Å². The normalized spacial score (nSPS) is 20.9. The first-order valence-corrected chi connectivity index (χ1v) is 6.81. The van der Waals surface area contributed by atoms with E-state index in [-0.39, 0.29) is 17.9 Å². The molecule has 1 aliphatic rings. The van der Waals surface area contributed by atoms with Gasteiger partial charge in [-0.15, -0.1) is 0 Å². The molecule has 0 radical (unpaired) electrons. The summed E-state index contributed by atoms with van der Waals surface area (Å²) in [6, 6.07) is 4.98. The summed E-state index contributed by atoms with van der Waals surface area (Å²) >= 11 is 0. The average molecular weight is 293 g/mol. The number of nitrogens with one attached hydrogen (secondary N) is 1. The van der Waals surface area contributed by atoms with E-state index in [1.165, 1.54) is 14.2 Å². The van der Waals surface area contributed by atoms with Crippen molar-refractivity contribution in [3.63, 3.8) is 0 Å². The van der Waals surface area contributed by atoms with E-state index >= 15 is 0 Å². The Hall–Kier alpha value is -2.24. The molecule has 0 heterocycles. The molecular formula is C15H19NO5. The molecule has 0 unspecified atom stereocenters. The maximum atomic E-state index is 12.4. The Bertz CT molecular complexity index is 521. The number of benzene rings is 1. The molecule has 1 aliphatic carbocycles. The van der Waals surface area contributed by atoms with Crippen LogP contribution in [0, 0.1) is 5.92 Å². The Balaban J connectivity index is 2.12. The fourth-order valence-corrected chi connectivity index (χ4v) is 2.67. The summed E-state index contributed by atoms with van der Waals surface area (Å²) < 4.78 is 10.4.